The van der Waals surface area contributed by atoms with E-state index in [0.29, 0.717) is 36.5 Å². The third-order valence-electron chi connectivity index (χ3n) is 7.66. The number of amides is 1. The molecule has 7 heteroatoms. The summed E-state index contributed by atoms with van der Waals surface area (Å²) < 4.78 is 33.2. The minimum absolute atomic E-state index is 0.123. The number of carbonyl (C=O) groups excluding carboxylic acids is 1. The number of nitrogens with zero attached hydrogens (tertiary/aromatic N) is 1. The molecular formula is C23H32N2O4S. The zero-order valence-corrected chi connectivity index (χ0v) is 18.7. The molecule has 5 fully saturated rings. The van der Waals surface area contributed by atoms with Gasteiger partial charge in [-0.3, -0.25) is 4.79 Å². The first-order chi connectivity index (χ1) is 14.2. The van der Waals surface area contributed by atoms with Crippen LogP contribution in [0.15, 0.2) is 29.2 Å². The molecule has 1 N–H and O–H groups in total. The molecule has 2 unspecified atom stereocenters. The first-order valence-corrected chi connectivity index (χ1v) is 12.7. The second kappa shape index (κ2) is 7.31. The van der Waals surface area contributed by atoms with Crippen LogP contribution in [0.3, 0.4) is 0 Å². The third-order valence-corrected chi connectivity index (χ3v) is 9.50. The summed E-state index contributed by atoms with van der Waals surface area (Å²) in [7, 11) is -3.57. The highest BCUT2D eigenvalue weighted by Gasteiger charge is 2.54. The first-order valence-electron chi connectivity index (χ1n) is 11.3. The van der Waals surface area contributed by atoms with Crippen LogP contribution in [0.1, 0.15) is 52.4 Å². The van der Waals surface area contributed by atoms with Gasteiger partial charge in [0.05, 0.1) is 22.5 Å². The Balaban J connectivity index is 1.29. The lowest BCUT2D eigenvalue weighted by atomic mass is 9.49. The van der Waals surface area contributed by atoms with Crippen molar-refractivity contribution < 1.29 is 17.9 Å². The van der Waals surface area contributed by atoms with Crippen LogP contribution in [0.4, 0.5) is 5.69 Å². The van der Waals surface area contributed by atoms with Gasteiger partial charge in [-0.2, -0.15) is 4.31 Å². The van der Waals surface area contributed by atoms with Crippen molar-refractivity contribution in [2.45, 2.75) is 69.5 Å². The maximum absolute atomic E-state index is 13.2. The molecule has 1 saturated heterocycles. The van der Waals surface area contributed by atoms with Gasteiger partial charge in [0, 0.05) is 18.8 Å². The van der Waals surface area contributed by atoms with Crippen molar-refractivity contribution in [3.05, 3.63) is 24.3 Å². The fourth-order valence-electron chi connectivity index (χ4n) is 6.84. The van der Waals surface area contributed by atoms with Crippen molar-refractivity contribution in [3.63, 3.8) is 0 Å². The highest BCUT2D eigenvalue weighted by Crippen LogP contribution is 2.60. The minimum Gasteiger partial charge on any atom is -0.373 e. The summed E-state index contributed by atoms with van der Waals surface area (Å²) in [4.78, 5) is 13.5. The standard InChI is InChI=1S/C23H32N2O4S/c1-15-13-25(14-16(2)29-15)30(27,28)21-5-3-20(4-6-21)24-22(26)23-10-17-7-18(11-23)9-19(8-17)12-23/h3-6,15-19H,7-14H2,1-2H3,(H,24,26). The zero-order valence-electron chi connectivity index (χ0n) is 17.8. The minimum atomic E-state index is -3.57. The van der Waals surface area contributed by atoms with Crippen molar-refractivity contribution in [1.82, 2.24) is 4.31 Å². The Kier molecular flexibility index (Phi) is 4.99. The number of hydrogen-bond donors (Lipinski definition) is 1. The quantitative estimate of drug-likeness (QED) is 0.788. The monoisotopic (exact) mass is 432 g/mol. The van der Waals surface area contributed by atoms with E-state index in [9.17, 15) is 13.2 Å². The second-order valence-electron chi connectivity index (χ2n) is 10.3. The summed E-state index contributed by atoms with van der Waals surface area (Å²) in [5.41, 5.74) is 0.470. The van der Waals surface area contributed by atoms with Gasteiger partial charge in [-0.15, -0.1) is 0 Å². The van der Waals surface area contributed by atoms with E-state index in [1.165, 1.54) is 23.6 Å². The lowest BCUT2D eigenvalue weighted by Crippen LogP contribution is -2.51. The number of rotatable bonds is 4. The largest absolute Gasteiger partial charge is 0.373 e. The molecule has 2 atom stereocenters. The number of anilines is 1. The molecule has 30 heavy (non-hydrogen) atoms. The number of carbonyl (C=O) groups is 1. The number of nitrogens with one attached hydrogen (secondary N) is 1. The highest BCUT2D eigenvalue weighted by atomic mass is 32.2. The Morgan fingerprint density at radius 2 is 1.47 bits per heavy atom. The molecular weight excluding hydrogens is 400 g/mol. The molecule has 4 aliphatic carbocycles. The molecule has 5 aliphatic rings. The van der Waals surface area contributed by atoms with Crippen LogP contribution in [0.25, 0.3) is 0 Å². The second-order valence-corrected chi connectivity index (χ2v) is 12.2. The topological polar surface area (TPSA) is 75.7 Å². The van der Waals surface area contributed by atoms with Crippen molar-refractivity contribution in [2.75, 3.05) is 18.4 Å². The summed E-state index contributed by atoms with van der Waals surface area (Å²) in [6, 6.07) is 6.65. The SMILES string of the molecule is CC1CN(S(=O)(=O)c2ccc(NC(=O)C34CC5CC(CC(C5)C3)C4)cc2)CC(C)O1. The molecule has 164 valence electrons. The van der Waals surface area contributed by atoms with Crippen molar-refractivity contribution in [3.8, 4) is 0 Å². The van der Waals surface area contributed by atoms with Gasteiger partial charge in [0.2, 0.25) is 15.9 Å². The number of hydrogen-bond acceptors (Lipinski definition) is 4. The fraction of sp³-hybridized carbons (Fsp3) is 0.696. The molecule has 4 bridgehead atoms. The average molecular weight is 433 g/mol. The van der Waals surface area contributed by atoms with E-state index >= 15 is 0 Å². The molecule has 1 amide bonds. The Labute approximate surface area is 179 Å². The average Bonchev–Trinajstić information content (AvgIpc) is 2.66. The van der Waals surface area contributed by atoms with Crippen LogP contribution in [0.5, 0.6) is 0 Å². The molecule has 1 aliphatic heterocycles. The fourth-order valence-corrected chi connectivity index (χ4v) is 8.43. The summed E-state index contributed by atoms with van der Waals surface area (Å²) in [6.07, 6.45) is 6.72. The smallest absolute Gasteiger partial charge is 0.243 e. The predicted molar refractivity (Wildman–Crippen MR) is 114 cm³/mol. The van der Waals surface area contributed by atoms with Crippen LogP contribution < -0.4 is 5.32 Å². The van der Waals surface area contributed by atoms with Crippen molar-refractivity contribution >= 4 is 21.6 Å². The van der Waals surface area contributed by atoms with Gasteiger partial charge in [0.15, 0.2) is 0 Å². The van der Waals surface area contributed by atoms with E-state index in [4.69, 9.17) is 4.74 Å². The summed E-state index contributed by atoms with van der Waals surface area (Å²) in [5.74, 6) is 2.28. The molecule has 0 radical (unpaired) electrons. The Bertz CT molecular complexity index is 882. The van der Waals surface area contributed by atoms with Crippen LogP contribution >= 0.6 is 0 Å². The Hall–Kier alpha value is -1.44. The maximum atomic E-state index is 13.2. The first kappa shape index (κ1) is 20.5. The third kappa shape index (κ3) is 3.59. The predicted octanol–water partition coefficient (Wildman–Crippen LogP) is 3.64. The van der Waals surface area contributed by atoms with Gasteiger partial charge >= 0.3 is 0 Å². The molecule has 0 aromatic heterocycles. The summed E-state index contributed by atoms with van der Waals surface area (Å²) >= 11 is 0. The van der Waals surface area contributed by atoms with Gasteiger partial charge in [-0.25, -0.2) is 8.42 Å². The van der Waals surface area contributed by atoms with E-state index in [-0.39, 0.29) is 28.4 Å². The molecule has 6 nitrogen and oxygen atoms in total. The zero-order chi connectivity index (χ0) is 21.1. The van der Waals surface area contributed by atoms with Crippen LogP contribution in [0, 0.1) is 23.2 Å². The van der Waals surface area contributed by atoms with Crippen LogP contribution in [-0.2, 0) is 19.6 Å². The van der Waals surface area contributed by atoms with Gasteiger partial charge in [-0.05, 0) is 94.4 Å². The highest BCUT2D eigenvalue weighted by molar-refractivity contribution is 7.89. The van der Waals surface area contributed by atoms with E-state index < -0.39 is 10.0 Å². The van der Waals surface area contributed by atoms with Gasteiger partial charge in [0.25, 0.3) is 0 Å². The molecule has 6 rings (SSSR count). The maximum Gasteiger partial charge on any atom is 0.243 e. The summed E-state index contributed by atoms with van der Waals surface area (Å²) in [6.45, 7) is 4.50. The van der Waals surface area contributed by atoms with E-state index in [0.717, 1.165) is 19.3 Å². The molecule has 0 spiro atoms. The van der Waals surface area contributed by atoms with Crippen molar-refractivity contribution in [1.29, 1.82) is 0 Å². The van der Waals surface area contributed by atoms with E-state index in [2.05, 4.69) is 5.32 Å². The molecule has 1 aromatic rings. The van der Waals surface area contributed by atoms with Crippen LogP contribution in [-0.4, -0.2) is 43.9 Å². The normalized spacial score (nSPS) is 38.5. The number of morpholine rings is 1. The Morgan fingerprint density at radius 3 is 1.97 bits per heavy atom. The summed E-state index contributed by atoms with van der Waals surface area (Å²) in [5, 5.41) is 3.10. The van der Waals surface area contributed by atoms with Crippen molar-refractivity contribution in [2.24, 2.45) is 23.2 Å². The molecule has 1 aromatic carbocycles. The van der Waals surface area contributed by atoms with Gasteiger partial charge in [0.1, 0.15) is 0 Å². The Morgan fingerprint density at radius 1 is 0.967 bits per heavy atom. The number of benzene rings is 1. The van der Waals surface area contributed by atoms with Crippen LogP contribution in [0.2, 0.25) is 0 Å². The van der Waals surface area contributed by atoms with E-state index in [1.54, 1.807) is 24.3 Å². The lowest BCUT2D eigenvalue weighted by Gasteiger charge is -2.55. The van der Waals surface area contributed by atoms with Gasteiger partial charge < -0.3 is 10.1 Å². The number of sulfonamides is 1. The van der Waals surface area contributed by atoms with Gasteiger partial charge in [-0.1, -0.05) is 0 Å². The number of ether oxygens (including phenoxy) is 1. The van der Waals surface area contributed by atoms with E-state index in [1.807, 2.05) is 13.8 Å². The lowest BCUT2D eigenvalue weighted by molar-refractivity contribution is -0.140. The molecule has 4 saturated carbocycles. The molecule has 1 heterocycles.